The van der Waals surface area contributed by atoms with Crippen molar-refractivity contribution in [1.82, 2.24) is 19.7 Å². The third-order valence-corrected chi connectivity index (χ3v) is 6.26. The van der Waals surface area contributed by atoms with Gasteiger partial charge in [-0.15, -0.1) is 10.2 Å². The summed E-state index contributed by atoms with van der Waals surface area (Å²) in [6.45, 7) is 1.82. The third-order valence-electron chi connectivity index (χ3n) is 6.26. The van der Waals surface area contributed by atoms with Crippen LogP contribution in [0.2, 0.25) is 0 Å². The number of carbonyl (C=O) groups excluding carboxylic acids is 1. The first-order valence-electron chi connectivity index (χ1n) is 10.1. The summed E-state index contributed by atoms with van der Waals surface area (Å²) in [7, 11) is 1.60. The van der Waals surface area contributed by atoms with Crippen LogP contribution in [0.1, 0.15) is 29.0 Å². The highest BCUT2D eigenvalue weighted by Gasteiger charge is 2.48. The third kappa shape index (κ3) is 2.89. The van der Waals surface area contributed by atoms with Crippen LogP contribution in [0.15, 0.2) is 59.4 Å². The first kappa shape index (κ1) is 18.5. The van der Waals surface area contributed by atoms with Crippen LogP contribution in [0.4, 0.5) is 0 Å². The number of hydrogen-bond acceptors (Lipinski definition) is 5. The number of ether oxygens (including phenoxy) is 1. The molecule has 1 fully saturated rings. The Balaban J connectivity index is 1.44. The van der Waals surface area contributed by atoms with Crippen molar-refractivity contribution in [2.75, 3.05) is 20.2 Å². The Morgan fingerprint density at radius 2 is 1.73 bits per heavy atom. The average molecular weight is 402 g/mol. The lowest BCUT2D eigenvalue weighted by atomic mass is 9.85. The zero-order chi connectivity index (χ0) is 20.7. The summed E-state index contributed by atoms with van der Waals surface area (Å²) in [4.78, 5) is 27.9. The standard InChI is InChI=1S/C23H22N4O3/c1-30-18-9-7-16(8-10-18)19-21(29)27-14-12-23(22(27)25-24-19)11-13-26(15-23)20(28)17-5-3-2-4-6-17/h2-10H,11-15H2,1H3. The molecule has 1 aromatic heterocycles. The largest absolute Gasteiger partial charge is 0.497 e. The summed E-state index contributed by atoms with van der Waals surface area (Å²) in [6.07, 6.45) is 1.59. The van der Waals surface area contributed by atoms with Crippen molar-refractivity contribution in [2.24, 2.45) is 0 Å². The van der Waals surface area contributed by atoms with Gasteiger partial charge in [0.2, 0.25) is 0 Å². The molecule has 5 rings (SSSR count). The molecule has 1 spiro atoms. The molecule has 3 aromatic rings. The van der Waals surface area contributed by atoms with Gasteiger partial charge in [-0.2, -0.15) is 0 Å². The zero-order valence-electron chi connectivity index (χ0n) is 16.7. The molecule has 0 bridgehead atoms. The SMILES string of the molecule is COc1ccc(-c2nnc3n(c2=O)CCC32CCN(C(=O)c3ccccc3)C2)cc1. The van der Waals surface area contributed by atoms with Crippen LogP contribution < -0.4 is 10.3 Å². The fourth-order valence-electron chi connectivity index (χ4n) is 4.58. The van der Waals surface area contributed by atoms with Gasteiger partial charge in [-0.3, -0.25) is 14.2 Å². The van der Waals surface area contributed by atoms with Gasteiger partial charge in [-0.25, -0.2) is 0 Å². The molecule has 2 aliphatic rings. The minimum atomic E-state index is -0.297. The molecule has 3 heterocycles. The Labute approximate surface area is 173 Å². The van der Waals surface area contributed by atoms with Crippen LogP contribution in [-0.4, -0.2) is 45.8 Å². The van der Waals surface area contributed by atoms with Gasteiger partial charge in [0.15, 0.2) is 5.69 Å². The molecule has 1 saturated heterocycles. The normalized spacial score (nSPS) is 19.8. The number of hydrogen-bond donors (Lipinski definition) is 0. The smallest absolute Gasteiger partial charge is 0.280 e. The van der Waals surface area contributed by atoms with E-state index in [0.717, 1.165) is 24.2 Å². The van der Waals surface area contributed by atoms with Gasteiger partial charge in [0, 0.05) is 30.8 Å². The molecule has 2 aliphatic heterocycles. The second-order valence-corrected chi connectivity index (χ2v) is 7.93. The van der Waals surface area contributed by atoms with Gasteiger partial charge >= 0.3 is 0 Å². The van der Waals surface area contributed by atoms with E-state index >= 15 is 0 Å². The van der Waals surface area contributed by atoms with Gasteiger partial charge in [-0.05, 0) is 49.2 Å². The highest BCUT2D eigenvalue weighted by molar-refractivity contribution is 5.94. The van der Waals surface area contributed by atoms with Gasteiger partial charge in [-0.1, -0.05) is 18.2 Å². The summed E-state index contributed by atoms with van der Waals surface area (Å²) in [6, 6.07) is 16.6. The molecular weight excluding hydrogens is 380 g/mol. The average Bonchev–Trinajstić information content (AvgIpc) is 3.39. The molecule has 1 atom stereocenters. The molecule has 0 saturated carbocycles. The van der Waals surface area contributed by atoms with Crippen molar-refractivity contribution in [1.29, 1.82) is 0 Å². The lowest BCUT2D eigenvalue weighted by Crippen LogP contribution is -2.35. The molecule has 1 unspecified atom stereocenters. The summed E-state index contributed by atoms with van der Waals surface area (Å²) >= 11 is 0. The number of nitrogens with zero attached hydrogens (tertiary/aromatic N) is 4. The monoisotopic (exact) mass is 402 g/mol. The first-order chi connectivity index (χ1) is 14.6. The van der Waals surface area contributed by atoms with Crippen LogP contribution in [0, 0.1) is 0 Å². The topological polar surface area (TPSA) is 77.3 Å². The molecule has 0 aliphatic carbocycles. The number of aromatic nitrogens is 3. The van der Waals surface area contributed by atoms with Crippen molar-refractivity contribution in [3.63, 3.8) is 0 Å². The minimum absolute atomic E-state index is 0.0242. The number of carbonyl (C=O) groups is 1. The lowest BCUT2D eigenvalue weighted by molar-refractivity contribution is 0.0783. The first-order valence-corrected chi connectivity index (χ1v) is 10.1. The molecular formula is C23H22N4O3. The summed E-state index contributed by atoms with van der Waals surface area (Å²) < 4.78 is 6.92. The second kappa shape index (κ2) is 7.09. The highest BCUT2D eigenvalue weighted by atomic mass is 16.5. The quantitative estimate of drug-likeness (QED) is 0.673. The minimum Gasteiger partial charge on any atom is -0.497 e. The van der Waals surface area contributed by atoms with Crippen molar-refractivity contribution >= 4 is 5.91 Å². The highest BCUT2D eigenvalue weighted by Crippen LogP contribution is 2.41. The van der Waals surface area contributed by atoms with Crippen molar-refractivity contribution in [2.45, 2.75) is 24.8 Å². The van der Waals surface area contributed by atoms with E-state index in [1.54, 1.807) is 23.8 Å². The van der Waals surface area contributed by atoms with Crippen LogP contribution in [0.25, 0.3) is 11.3 Å². The van der Waals surface area contributed by atoms with Gasteiger partial charge in [0.1, 0.15) is 11.6 Å². The summed E-state index contributed by atoms with van der Waals surface area (Å²) in [5.41, 5.74) is 1.32. The van der Waals surface area contributed by atoms with Crippen LogP contribution in [0.5, 0.6) is 5.75 Å². The maximum Gasteiger partial charge on any atom is 0.280 e. The van der Waals surface area contributed by atoms with Crippen LogP contribution in [0.3, 0.4) is 0 Å². The Hall–Kier alpha value is -3.48. The second-order valence-electron chi connectivity index (χ2n) is 7.93. The predicted molar refractivity (Wildman–Crippen MR) is 112 cm³/mol. The number of likely N-dealkylation sites (tertiary alicyclic amines) is 1. The Morgan fingerprint density at radius 3 is 2.47 bits per heavy atom. The van der Waals surface area contributed by atoms with Crippen LogP contribution in [-0.2, 0) is 12.0 Å². The van der Waals surface area contributed by atoms with E-state index in [2.05, 4.69) is 10.2 Å². The summed E-state index contributed by atoms with van der Waals surface area (Å²) in [5, 5.41) is 8.78. The maximum absolute atomic E-state index is 13.1. The van der Waals surface area contributed by atoms with Crippen LogP contribution >= 0.6 is 0 Å². The fraction of sp³-hybridized carbons (Fsp3) is 0.304. The number of fused-ring (bicyclic) bond motifs is 2. The molecule has 2 aromatic carbocycles. The van der Waals surface area contributed by atoms with E-state index < -0.39 is 0 Å². The predicted octanol–water partition coefficient (Wildman–Crippen LogP) is 2.50. The molecule has 152 valence electrons. The number of methoxy groups -OCH3 is 1. The van der Waals surface area contributed by atoms with E-state index in [1.807, 2.05) is 47.4 Å². The summed E-state index contributed by atoms with van der Waals surface area (Å²) in [5.74, 6) is 1.45. The van der Waals surface area contributed by atoms with E-state index in [4.69, 9.17) is 4.74 Å². The molecule has 1 amide bonds. The van der Waals surface area contributed by atoms with Gasteiger partial charge in [0.05, 0.1) is 12.5 Å². The number of rotatable bonds is 3. The van der Waals surface area contributed by atoms with E-state index in [1.165, 1.54) is 0 Å². The van der Waals surface area contributed by atoms with E-state index in [0.29, 0.717) is 36.7 Å². The Bertz CT molecular complexity index is 1160. The molecule has 7 heteroatoms. The maximum atomic E-state index is 13.1. The number of benzene rings is 2. The Kier molecular flexibility index (Phi) is 4.38. The molecule has 7 nitrogen and oxygen atoms in total. The van der Waals surface area contributed by atoms with Crippen molar-refractivity contribution in [3.8, 4) is 17.0 Å². The zero-order valence-corrected chi connectivity index (χ0v) is 16.7. The Morgan fingerprint density at radius 1 is 1.00 bits per heavy atom. The molecule has 0 radical (unpaired) electrons. The molecule has 30 heavy (non-hydrogen) atoms. The fourth-order valence-corrected chi connectivity index (χ4v) is 4.58. The van der Waals surface area contributed by atoms with Crippen molar-refractivity contribution in [3.05, 3.63) is 76.3 Å². The van der Waals surface area contributed by atoms with E-state index in [9.17, 15) is 9.59 Å². The molecule has 0 N–H and O–H groups in total. The lowest BCUT2D eigenvalue weighted by Gasteiger charge is -2.23. The van der Waals surface area contributed by atoms with E-state index in [-0.39, 0.29) is 16.9 Å². The number of amides is 1. The van der Waals surface area contributed by atoms with Gasteiger partial charge < -0.3 is 9.64 Å². The van der Waals surface area contributed by atoms with Gasteiger partial charge in [0.25, 0.3) is 11.5 Å². The van der Waals surface area contributed by atoms with Crippen molar-refractivity contribution < 1.29 is 9.53 Å².